The van der Waals surface area contributed by atoms with E-state index >= 15 is 0 Å². The number of nitrogens with one attached hydrogen (secondary N) is 3. The lowest BCUT2D eigenvalue weighted by Gasteiger charge is -2.08. The third-order valence-electron chi connectivity index (χ3n) is 4.40. The van der Waals surface area contributed by atoms with Crippen LogP contribution in [0.3, 0.4) is 0 Å². The lowest BCUT2D eigenvalue weighted by Crippen LogP contribution is -2.14. The maximum atomic E-state index is 13.9. The van der Waals surface area contributed by atoms with Gasteiger partial charge in [-0.1, -0.05) is 12.1 Å². The van der Waals surface area contributed by atoms with Crippen LogP contribution in [-0.4, -0.2) is 32.7 Å². The predicted molar refractivity (Wildman–Crippen MR) is 116 cm³/mol. The number of halogens is 2. The number of amides is 1. The SMILES string of the molecule is CCOc1ccc(CC(=O)Nc2n[nH]c3ccc(Nc4nc(Cl)ncc4F)cc23)cc1. The number of fused-ring (bicyclic) bond motifs is 1. The fourth-order valence-corrected chi connectivity index (χ4v) is 3.12. The van der Waals surface area contributed by atoms with E-state index in [1.54, 1.807) is 18.2 Å². The molecular formula is C21H18ClFN6O2. The van der Waals surface area contributed by atoms with E-state index in [-0.39, 0.29) is 23.4 Å². The van der Waals surface area contributed by atoms with Gasteiger partial charge in [-0.15, -0.1) is 0 Å². The Kier molecular flexibility index (Phi) is 5.94. The van der Waals surface area contributed by atoms with Crippen molar-refractivity contribution in [2.45, 2.75) is 13.3 Å². The summed E-state index contributed by atoms with van der Waals surface area (Å²) in [5.74, 6) is 0.219. The molecule has 3 N–H and O–H groups in total. The summed E-state index contributed by atoms with van der Waals surface area (Å²) in [6, 6.07) is 12.5. The highest BCUT2D eigenvalue weighted by atomic mass is 35.5. The number of H-pyrrole nitrogens is 1. The molecule has 0 spiro atoms. The van der Waals surface area contributed by atoms with Gasteiger partial charge in [0.2, 0.25) is 11.2 Å². The summed E-state index contributed by atoms with van der Waals surface area (Å²) in [4.78, 5) is 19.9. The summed E-state index contributed by atoms with van der Waals surface area (Å²) in [6.45, 7) is 2.50. The van der Waals surface area contributed by atoms with Crippen LogP contribution < -0.4 is 15.4 Å². The van der Waals surface area contributed by atoms with Gasteiger partial charge in [-0.05, 0) is 54.4 Å². The van der Waals surface area contributed by atoms with Crippen LogP contribution >= 0.6 is 11.6 Å². The number of hydrogen-bond donors (Lipinski definition) is 3. The molecule has 4 aromatic rings. The highest BCUT2D eigenvalue weighted by molar-refractivity contribution is 6.28. The van der Waals surface area contributed by atoms with E-state index in [1.807, 2.05) is 31.2 Å². The number of carbonyl (C=O) groups is 1. The third-order valence-corrected chi connectivity index (χ3v) is 4.58. The van der Waals surface area contributed by atoms with Crippen molar-refractivity contribution in [3.8, 4) is 5.75 Å². The van der Waals surface area contributed by atoms with Crippen molar-refractivity contribution in [3.05, 3.63) is 65.3 Å². The van der Waals surface area contributed by atoms with Crippen LogP contribution in [0, 0.1) is 5.82 Å². The first kappa shape index (κ1) is 20.5. The Bertz CT molecular complexity index is 1230. The Morgan fingerprint density at radius 2 is 2.00 bits per heavy atom. The molecule has 8 nitrogen and oxygen atoms in total. The molecule has 0 saturated heterocycles. The Morgan fingerprint density at radius 3 is 2.77 bits per heavy atom. The van der Waals surface area contributed by atoms with Gasteiger partial charge in [0, 0.05) is 11.1 Å². The minimum Gasteiger partial charge on any atom is -0.494 e. The fraction of sp³-hybridized carbons (Fsp3) is 0.143. The van der Waals surface area contributed by atoms with Crippen LogP contribution in [0.1, 0.15) is 12.5 Å². The first-order valence-electron chi connectivity index (χ1n) is 9.46. The zero-order valence-corrected chi connectivity index (χ0v) is 17.2. The van der Waals surface area contributed by atoms with E-state index in [1.165, 1.54) is 0 Å². The van der Waals surface area contributed by atoms with Gasteiger partial charge in [-0.2, -0.15) is 10.1 Å². The van der Waals surface area contributed by atoms with Crippen LogP contribution in [-0.2, 0) is 11.2 Å². The fourth-order valence-electron chi connectivity index (χ4n) is 2.99. The van der Waals surface area contributed by atoms with E-state index in [4.69, 9.17) is 16.3 Å². The van der Waals surface area contributed by atoms with Crippen molar-refractivity contribution in [1.82, 2.24) is 20.2 Å². The van der Waals surface area contributed by atoms with Crippen LogP contribution in [0.5, 0.6) is 5.75 Å². The number of benzene rings is 2. The molecule has 0 unspecified atom stereocenters. The summed E-state index contributed by atoms with van der Waals surface area (Å²) < 4.78 is 19.3. The lowest BCUT2D eigenvalue weighted by atomic mass is 10.1. The van der Waals surface area contributed by atoms with Crippen LogP contribution in [0.2, 0.25) is 5.28 Å². The van der Waals surface area contributed by atoms with Gasteiger partial charge in [-0.3, -0.25) is 9.89 Å². The van der Waals surface area contributed by atoms with Crippen molar-refractivity contribution in [2.75, 3.05) is 17.2 Å². The molecule has 31 heavy (non-hydrogen) atoms. The molecule has 0 atom stereocenters. The van der Waals surface area contributed by atoms with Crippen LogP contribution in [0.25, 0.3) is 10.9 Å². The molecule has 0 aliphatic heterocycles. The van der Waals surface area contributed by atoms with Gasteiger partial charge in [-0.25, -0.2) is 9.37 Å². The average Bonchev–Trinajstić information content (AvgIpc) is 3.14. The zero-order valence-electron chi connectivity index (χ0n) is 16.4. The zero-order chi connectivity index (χ0) is 21.8. The molecule has 0 bridgehead atoms. The molecule has 2 aromatic carbocycles. The summed E-state index contributed by atoms with van der Waals surface area (Å²) in [5, 5.41) is 13.3. The second kappa shape index (κ2) is 8.97. The number of nitrogens with zero attached hydrogens (tertiary/aromatic N) is 3. The second-order valence-corrected chi connectivity index (χ2v) is 6.93. The number of aromatic amines is 1. The Morgan fingerprint density at radius 1 is 1.19 bits per heavy atom. The molecule has 0 aliphatic carbocycles. The summed E-state index contributed by atoms with van der Waals surface area (Å²) in [5.41, 5.74) is 2.10. The molecule has 1 amide bonds. The minimum atomic E-state index is -0.638. The standard InChI is InChI=1S/C21H18ClFN6O2/c1-2-31-14-6-3-12(4-7-14)9-18(30)26-19-15-10-13(5-8-17(15)28-29-19)25-20-16(23)11-24-21(22)27-20/h3-8,10-11H,2,9H2,1H3,(H,24,25,27)(H2,26,28,29,30). The van der Waals surface area contributed by atoms with Crippen molar-refractivity contribution in [1.29, 1.82) is 0 Å². The quantitative estimate of drug-likeness (QED) is 0.366. The van der Waals surface area contributed by atoms with Crippen LogP contribution in [0.15, 0.2) is 48.7 Å². The smallest absolute Gasteiger partial charge is 0.230 e. The minimum absolute atomic E-state index is 0.0519. The molecule has 4 rings (SSSR count). The third kappa shape index (κ3) is 4.89. The number of ether oxygens (including phenoxy) is 1. The number of hydrogen-bond acceptors (Lipinski definition) is 6. The monoisotopic (exact) mass is 440 g/mol. The Balaban J connectivity index is 1.49. The largest absolute Gasteiger partial charge is 0.494 e. The van der Waals surface area contributed by atoms with Gasteiger partial charge in [0.25, 0.3) is 0 Å². The van der Waals surface area contributed by atoms with Crippen molar-refractivity contribution < 1.29 is 13.9 Å². The molecule has 2 heterocycles. The molecule has 0 radical (unpaired) electrons. The van der Waals surface area contributed by atoms with Gasteiger partial charge in [0.05, 0.1) is 24.7 Å². The number of anilines is 3. The molecule has 0 saturated carbocycles. The van der Waals surface area contributed by atoms with E-state index in [0.717, 1.165) is 17.5 Å². The van der Waals surface area contributed by atoms with E-state index in [2.05, 4.69) is 30.8 Å². The van der Waals surface area contributed by atoms with Crippen molar-refractivity contribution in [3.63, 3.8) is 0 Å². The number of rotatable bonds is 7. The van der Waals surface area contributed by atoms with E-state index in [9.17, 15) is 9.18 Å². The molecular weight excluding hydrogens is 423 g/mol. The Labute approximate surface area is 181 Å². The Hall–Kier alpha value is -3.72. The number of aromatic nitrogens is 4. The van der Waals surface area contributed by atoms with Crippen molar-refractivity contribution in [2.24, 2.45) is 0 Å². The van der Waals surface area contributed by atoms with E-state index < -0.39 is 5.82 Å². The van der Waals surface area contributed by atoms with Crippen LogP contribution in [0.4, 0.5) is 21.7 Å². The molecule has 0 aliphatic rings. The topological polar surface area (TPSA) is 105 Å². The summed E-state index contributed by atoms with van der Waals surface area (Å²) in [7, 11) is 0. The summed E-state index contributed by atoms with van der Waals surface area (Å²) in [6.07, 6.45) is 1.17. The first-order chi connectivity index (χ1) is 15.0. The van der Waals surface area contributed by atoms with Crippen molar-refractivity contribution >= 4 is 45.7 Å². The van der Waals surface area contributed by atoms with Gasteiger partial charge >= 0.3 is 0 Å². The molecule has 0 fully saturated rings. The highest BCUT2D eigenvalue weighted by Gasteiger charge is 2.12. The predicted octanol–water partition coefficient (Wildman–Crippen LogP) is 4.47. The second-order valence-electron chi connectivity index (χ2n) is 6.60. The summed E-state index contributed by atoms with van der Waals surface area (Å²) >= 11 is 5.74. The molecule has 2 aromatic heterocycles. The lowest BCUT2D eigenvalue weighted by molar-refractivity contribution is -0.115. The van der Waals surface area contributed by atoms with E-state index in [0.29, 0.717) is 29.0 Å². The van der Waals surface area contributed by atoms with Gasteiger partial charge < -0.3 is 15.4 Å². The maximum absolute atomic E-state index is 13.9. The van der Waals surface area contributed by atoms with Gasteiger partial charge in [0.1, 0.15) is 5.75 Å². The maximum Gasteiger partial charge on any atom is 0.230 e. The normalized spacial score (nSPS) is 10.8. The first-order valence-corrected chi connectivity index (χ1v) is 9.84. The molecule has 158 valence electrons. The van der Waals surface area contributed by atoms with Gasteiger partial charge in [0.15, 0.2) is 17.5 Å². The highest BCUT2D eigenvalue weighted by Crippen LogP contribution is 2.27. The molecule has 10 heteroatoms. The average molecular weight is 441 g/mol. The number of carbonyl (C=O) groups excluding carboxylic acids is 1.